The van der Waals surface area contributed by atoms with Crippen molar-refractivity contribution in [3.63, 3.8) is 0 Å². The van der Waals surface area contributed by atoms with E-state index in [1.165, 1.54) is 0 Å². The summed E-state index contributed by atoms with van der Waals surface area (Å²) in [5.41, 5.74) is 6.87. The quantitative estimate of drug-likeness (QED) is 0.760. The van der Waals surface area contributed by atoms with Gasteiger partial charge in [-0.05, 0) is 19.1 Å². The minimum atomic E-state index is -0.303. The number of morpholine rings is 1. The first kappa shape index (κ1) is 12.8. The summed E-state index contributed by atoms with van der Waals surface area (Å²) in [6.45, 7) is 3.08. The average Bonchev–Trinajstić information content (AvgIpc) is 2.37. The van der Waals surface area contributed by atoms with Gasteiger partial charge in [0.15, 0.2) is 0 Å². The van der Waals surface area contributed by atoms with Crippen LogP contribution in [0.25, 0.3) is 0 Å². The Morgan fingerprint density at radius 2 is 2.44 bits per heavy atom. The van der Waals surface area contributed by atoms with E-state index in [9.17, 15) is 4.79 Å². The van der Waals surface area contributed by atoms with Gasteiger partial charge in [-0.2, -0.15) is 0 Å². The fourth-order valence-corrected chi connectivity index (χ4v) is 2.01. The topological polar surface area (TPSA) is 88.7 Å². The number of ether oxygens (including phenoxy) is 1. The van der Waals surface area contributed by atoms with Crippen LogP contribution in [0.1, 0.15) is 16.1 Å². The van der Waals surface area contributed by atoms with Crippen molar-refractivity contribution in [3.05, 3.63) is 23.4 Å². The van der Waals surface area contributed by atoms with Gasteiger partial charge in [-0.3, -0.25) is 4.79 Å². The molecule has 0 aromatic carbocycles. The van der Waals surface area contributed by atoms with Crippen LogP contribution in [0.5, 0.6) is 0 Å². The second-order valence-corrected chi connectivity index (χ2v) is 4.35. The molecule has 0 saturated carbocycles. The van der Waals surface area contributed by atoms with Gasteiger partial charge in [0.2, 0.25) is 0 Å². The van der Waals surface area contributed by atoms with Gasteiger partial charge in [-0.1, -0.05) is 0 Å². The van der Waals surface area contributed by atoms with Gasteiger partial charge in [-0.25, -0.2) is 4.98 Å². The van der Waals surface area contributed by atoms with Crippen LogP contribution in [0.4, 0.5) is 5.82 Å². The van der Waals surface area contributed by atoms with Crippen molar-refractivity contribution in [1.29, 1.82) is 0 Å². The molecular formula is C12H17N3O3. The molecule has 1 fully saturated rings. The van der Waals surface area contributed by atoms with Crippen LogP contribution in [0, 0.1) is 6.92 Å². The molecule has 2 heterocycles. The third-order valence-electron chi connectivity index (χ3n) is 2.85. The number of aliphatic hydroxyl groups is 1. The zero-order valence-corrected chi connectivity index (χ0v) is 10.3. The third-order valence-corrected chi connectivity index (χ3v) is 2.85. The van der Waals surface area contributed by atoms with Crippen LogP contribution in [0.15, 0.2) is 12.1 Å². The molecule has 0 radical (unpaired) electrons. The highest BCUT2D eigenvalue weighted by Crippen LogP contribution is 2.13. The molecule has 6 heteroatoms. The van der Waals surface area contributed by atoms with Gasteiger partial charge >= 0.3 is 0 Å². The number of carbonyl (C=O) groups excluding carboxylic acids is 1. The molecule has 6 nitrogen and oxygen atoms in total. The monoisotopic (exact) mass is 251 g/mol. The molecule has 1 saturated heterocycles. The highest BCUT2D eigenvalue weighted by atomic mass is 16.5. The van der Waals surface area contributed by atoms with E-state index in [1.807, 2.05) is 0 Å². The number of aliphatic hydroxyl groups excluding tert-OH is 1. The maximum atomic E-state index is 12.3. The van der Waals surface area contributed by atoms with Crippen molar-refractivity contribution in [1.82, 2.24) is 9.88 Å². The number of aromatic nitrogens is 1. The lowest BCUT2D eigenvalue weighted by molar-refractivity contribution is -0.0447. The van der Waals surface area contributed by atoms with Crippen LogP contribution >= 0.6 is 0 Å². The van der Waals surface area contributed by atoms with E-state index in [0.29, 0.717) is 36.8 Å². The Kier molecular flexibility index (Phi) is 3.78. The number of rotatable bonds is 2. The van der Waals surface area contributed by atoms with Crippen molar-refractivity contribution in [2.45, 2.75) is 13.0 Å². The average molecular weight is 251 g/mol. The highest BCUT2D eigenvalue weighted by Gasteiger charge is 2.24. The number of amides is 1. The smallest absolute Gasteiger partial charge is 0.254 e. The lowest BCUT2D eigenvalue weighted by atomic mass is 10.1. The Labute approximate surface area is 105 Å². The molecular weight excluding hydrogens is 234 g/mol. The van der Waals surface area contributed by atoms with Gasteiger partial charge in [0.05, 0.1) is 19.3 Å². The van der Waals surface area contributed by atoms with E-state index < -0.39 is 0 Å². The summed E-state index contributed by atoms with van der Waals surface area (Å²) in [4.78, 5) is 18.0. The highest BCUT2D eigenvalue weighted by molar-refractivity contribution is 5.95. The maximum absolute atomic E-state index is 12.3. The third kappa shape index (κ3) is 2.77. The van der Waals surface area contributed by atoms with E-state index in [2.05, 4.69) is 4.98 Å². The minimum absolute atomic E-state index is 0.0821. The Bertz CT molecular complexity index is 430. The maximum Gasteiger partial charge on any atom is 0.254 e. The van der Waals surface area contributed by atoms with E-state index in [4.69, 9.17) is 15.6 Å². The normalized spacial score (nSPS) is 19.9. The lowest BCUT2D eigenvalue weighted by Crippen LogP contribution is -2.46. The zero-order chi connectivity index (χ0) is 13.1. The van der Waals surface area contributed by atoms with E-state index in [-0.39, 0.29) is 18.6 Å². The first-order valence-electron chi connectivity index (χ1n) is 5.86. The first-order valence-corrected chi connectivity index (χ1v) is 5.86. The van der Waals surface area contributed by atoms with Gasteiger partial charge in [0.1, 0.15) is 5.82 Å². The largest absolute Gasteiger partial charge is 0.394 e. The molecule has 98 valence electrons. The SMILES string of the molecule is Cc1cc(C(=O)N2CCOC(CO)C2)cc(N)n1. The van der Waals surface area contributed by atoms with Crippen molar-refractivity contribution >= 4 is 11.7 Å². The molecule has 3 N–H and O–H groups in total. The van der Waals surface area contributed by atoms with E-state index in [1.54, 1.807) is 24.0 Å². The van der Waals surface area contributed by atoms with Gasteiger partial charge in [0, 0.05) is 24.3 Å². The summed E-state index contributed by atoms with van der Waals surface area (Å²) < 4.78 is 5.31. The fraction of sp³-hybridized carbons (Fsp3) is 0.500. The zero-order valence-electron chi connectivity index (χ0n) is 10.3. The number of nitrogen functional groups attached to an aromatic ring is 1. The van der Waals surface area contributed by atoms with Crippen molar-refractivity contribution < 1.29 is 14.6 Å². The molecule has 1 amide bonds. The standard InChI is InChI=1S/C12H17N3O3/c1-8-4-9(5-11(13)14-8)12(17)15-2-3-18-10(6-15)7-16/h4-5,10,16H,2-3,6-7H2,1H3,(H2,13,14). The Hall–Kier alpha value is -1.66. The summed E-state index contributed by atoms with van der Waals surface area (Å²) in [7, 11) is 0. The number of hydrogen-bond donors (Lipinski definition) is 2. The second kappa shape index (κ2) is 5.32. The molecule has 1 unspecified atom stereocenters. The van der Waals surface area contributed by atoms with Gasteiger partial charge < -0.3 is 20.5 Å². The van der Waals surface area contributed by atoms with Crippen molar-refractivity contribution in [2.24, 2.45) is 0 Å². The Morgan fingerprint density at radius 3 is 3.11 bits per heavy atom. The lowest BCUT2D eigenvalue weighted by Gasteiger charge is -2.32. The molecule has 0 aliphatic carbocycles. The second-order valence-electron chi connectivity index (χ2n) is 4.35. The predicted octanol–water partition coefficient (Wildman–Crippen LogP) is -0.194. The Balaban J connectivity index is 2.15. The summed E-state index contributed by atoms with van der Waals surface area (Å²) >= 11 is 0. The number of hydrogen-bond acceptors (Lipinski definition) is 5. The van der Waals surface area contributed by atoms with Crippen LogP contribution in [0.2, 0.25) is 0 Å². The number of carbonyl (C=O) groups is 1. The van der Waals surface area contributed by atoms with E-state index >= 15 is 0 Å². The van der Waals surface area contributed by atoms with Crippen molar-refractivity contribution in [2.75, 3.05) is 32.0 Å². The summed E-state index contributed by atoms with van der Waals surface area (Å²) in [6.07, 6.45) is -0.303. The van der Waals surface area contributed by atoms with Crippen LogP contribution in [-0.2, 0) is 4.74 Å². The number of anilines is 1. The van der Waals surface area contributed by atoms with Gasteiger partial charge in [-0.15, -0.1) is 0 Å². The number of aryl methyl sites for hydroxylation is 1. The number of pyridine rings is 1. The minimum Gasteiger partial charge on any atom is -0.394 e. The molecule has 1 atom stereocenters. The molecule has 2 rings (SSSR count). The van der Waals surface area contributed by atoms with E-state index in [0.717, 1.165) is 0 Å². The van der Waals surface area contributed by atoms with Crippen LogP contribution in [-0.4, -0.2) is 53.3 Å². The first-order chi connectivity index (χ1) is 8.60. The fourth-order valence-electron chi connectivity index (χ4n) is 2.01. The van der Waals surface area contributed by atoms with Crippen LogP contribution < -0.4 is 5.73 Å². The van der Waals surface area contributed by atoms with Crippen molar-refractivity contribution in [3.8, 4) is 0 Å². The predicted molar refractivity (Wildman–Crippen MR) is 66.1 cm³/mol. The molecule has 0 bridgehead atoms. The molecule has 1 aromatic heterocycles. The number of nitrogens with two attached hydrogens (primary N) is 1. The molecule has 18 heavy (non-hydrogen) atoms. The molecule has 1 aromatic rings. The summed E-state index contributed by atoms with van der Waals surface area (Å²) in [5, 5.41) is 9.06. The van der Waals surface area contributed by atoms with Gasteiger partial charge in [0.25, 0.3) is 5.91 Å². The number of nitrogens with zero attached hydrogens (tertiary/aromatic N) is 2. The summed E-state index contributed by atoms with van der Waals surface area (Å²) in [5.74, 6) is 0.235. The molecule has 1 aliphatic heterocycles. The Morgan fingerprint density at radius 1 is 1.67 bits per heavy atom. The molecule has 0 spiro atoms. The van der Waals surface area contributed by atoms with Crippen LogP contribution in [0.3, 0.4) is 0 Å². The molecule has 1 aliphatic rings. The summed E-state index contributed by atoms with van der Waals surface area (Å²) in [6, 6.07) is 3.28.